The summed E-state index contributed by atoms with van der Waals surface area (Å²) < 4.78 is 0. The first-order valence-corrected chi connectivity index (χ1v) is 4.78. The smallest absolute Gasteiger partial charge is 0.0193 e. The molecule has 2 heteroatoms. The Balaban J connectivity index is 2.40. The molecule has 0 radical (unpaired) electrons. The number of nitrogens with two attached hydrogens (primary N) is 1. The molecule has 66 valence electrons. The molecule has 1 aliphatic heterocycles. The fourth-order valence-corrected chi connectivity index (χ4v) is 2.18. The molecule has 0 aromatic heterocycles. The van der Waals surface area contributed by atoms with Crippen LogP contribution in [0.25, 0.3) is 0 Å². The second-order valence-electron chi connectivity index (χ2n) is 3.60. The van der Waals surface area contributed by atoms with Gasteiger partial charge in [-0.15, -0.1) is 0 Å². The lowest BCUT2D eigenvalue weighted by Gasteiger charge is -2.28. The molecule has 3 N–H and O–H groups in total. The van der Waals surface area contributed by atoms with Crippen LogP contribution in [-0.4, -0.2) is 18.6 Å². The number of rotatable bonds is 4. The van der Waals surface area contributed by atoms with Crippen LogP contribution in [0, 0.1) is 0 Å². The maximum atomic E-state index is 5.58. The molecule has 1 atom stereocenters. The van der Waals surface area contributed by atoms with Crippen molar-refractivity contribution >= 4 is 0 Å². The third-order valence-electron chi connectivity index (χ3n) is 2.68. The minimum Gasteiger partial charge on any atom is -0.330 e. The lowest BCUT2D eigenvalue weighted by Crippen LogP contribution is -2.41. The minimum absolute atomic E-state index is 0.420. The van der Waals surface area contributed by atoms with E-state index in [4.69, 9.17) is 5.73 Å². The Kier molecular flexibility index (Phi) is 3.34. The first kappa shape index (κ1) is 9.01. The highest BCUT2D eigenvalue weighted by Gasteiger charge is 2.30. The average molecular weight is 156 g/mol. The summed E-state index contributed by atoms with van der Waals surface area (Å²) in [6.45, 7) is 4.27. The number of nitrogens with one attached hydrogen (secondary N) is 1. The van der Waals surface area contributed by atoms with E-state index in [0.29, 0.717) is 5.54 Å². The third-order valence-corrected chi connectivity index (χ3v) is 2.68. The van der Waals surface area contributed by atoms with Gasteiger partial charge >= 0.3 is 0 Å². The second kappa shape index (κ2) is 4.07. The van der Waals surface area contributed by atoms with Gasteiger partial charge in [-0.3, -0.25) is 0 Å². The first-order valence-electron chi connectivity index (χ1n) is 4.78. The fourth-order valence-electron chi connectivity index (χ4n) is 2.18. The maximum Gasteiger partial charge on any atom is 0.0193 e. The molecule has 0 bridgehead atoms. The van der Waals surface area contributed by atoms with Crippen molar-refractivity contribution in [1.82, 2.24) is 5.32 Å². The zero-order valence-electron chi connectivity index (χ0n) is 7.53. The molecule has 0 aromatic rings. The first-order chi connectivity index (χ1) is 5.33. The van der Waals surface area contributed by atoms with Crippen molar-refractivity contribution in [3.8, 4) is 0 Å². The summed E-state index contributed by atoms with van der Waals surface area (Å²) in [4.78, 5) is 0. The van der Waals surface area contributed by atoms with Gasteiger partial charge in [-0.25, -0.2) is 0 Å². The van der Waals surface area contributed by atoms with Crippen molar-refractivity contribution in [2.24, 2.45) is 5.73 Å². The average Bonchev–Trinajstić information content (AvgIpc) is 2.39. The molecule has 0 spiro atoms. The number of hydrogen-bond donors (Lipinski definition) is 2. The van der Waals surface area contributed by atoms with Crippen LogP contribution in [0.4, 0.5) is 0 Å². The highest BCUT2D eigenvalue weighted by Crippen LogP contribution is 2.27. The van der Waals surface area contributed by atoms with Gasteiger partial charge < -0.3 is 11.1 Å². The van der Waals surface area contributed by atoms with E-state index in [0.717, 1.165) is 13.0 Å². The Bertz CT molecular complexity index is 98.1. The maximum absolute atomic E-state index is 5.58. The minimum atomic E-state index is 0.420. The molecule has 11 heavy (non-hydrogen) atoms. The van der Waals surface area contributed by atoms with Crippen LogP contribution < -0.4 is 11.1 Å². The predicted octanol–water partition coefficient (Wildman–Crippen LogP) is 1.26. The standard InChI is InChI=1S/C9H20N2/c1-2-4-9(6-7-10)5-3-8-11-9/h11H,2-8,10H2,1H3. The summed E-state index contributed by atoms with van der Waals surface area (Å²) in [7, 11) is 0. The Hall–Kier alpha value is -0.0800. The summed E-state index contributed by atoms with van der Waals surface area (Å²) >= 11 is 0. The largest absolute Gasteiger partial charge is 0.330 e. The van der Waals surface area contributed by atoms with E-state index in [1.54, 1.807) is 0 Å². The van der Waals surface area contributed by atoms with E-state index in [1.165, 1.54) is 32.2 Å². The van der Waals surface area contributed by atoms with E-state index in [9.17, 15) is 0 Å². The van der Waals surface area contributed by atoms with Crippen molar-refractivity contribution in [1.29, 1.82) is 0 Å². The topological polar surface area (TPSA) is 38.0 Å². The lowest BCUT2D eigenvalue weighted by atomic mass is 9.88. The highest BCUT2D eigenvalue weighted by atomic mass is 15.0. The van der Waals surface area contributed by atoms with Gasteiger partial charge in [0.15, 0.2) is 0 Å². The Morgan fingerprint density at radius 2 is 2.27 bits per heavy atom. The van der Waals surface area contributed by atoms with E-state index >= 15 is 0 Å². The Labute approximate surface area is 69.5 Å². The lowest BCUT2D eigenvalue weighted by molar-refractivity contribution is 0.325. The SMILES string of the molecule is CCCC1(CCN)CCCN1. The van der Waals surface area contributed by atoms with Gasteiger partial charge in [-0.2, -0.15) is 0 Å². The van der Waals surface area contributed by atoms with Gasteiger partial charge in [-0.05, 0) is 38.8 Å². The normalized spacial score (nSPS) is 31.1. The van der Waals surface area contributed by atoms with Crippen LogP contribution >= 0.6 is 0 Å². The van der Waals surface area contributed by atoms with Crippen molar-refractivity contribution in [3.63, 3.8) is 0 Å². The molecule has 1 saturated heterocycles. The van der Waals surface area contributed by atoms with Crippen molar-refractivity contribution in [3.05, 3.63) is 0 Å². The van der Waals surface area contributed by atoms with Crippen LogP contribution in [0.5, 0.6) is 0 Å². The molecule has 1 unspecified atom stereocenters. The van der Waals surface area contributed by atoms with E-state index < -0.39 is 0 Å². The van der Waals surface area contributed by atoms with Crippen LogP contribution in [0.2, 0.25) is 0 Å². The summed E-state index contributed by atoms with van der Waals surface area (Å²) in [6, 6.07) is 0. The van der Waals surface area contributed by atoms with Gasteiger partial charge in [0.1, 0.15) is 0 Å². The number of hydrogen-bond acceptors (Lipinski definition) is 2. The molecule has 0 saturated carbocycles. The van der Waals surface area contributed by atoms with Gasteiger partial charge in [0.2, 0.25) is 0 Å². The summed E-state index contributed by atoms with van der Waals surface area (Å²) in [5, 5.41) is 3.59. The van der Waals surface area contributed by atoms with Crippen molar-refractivity contribution in [2.45, 2.75) is 44.6 Å². The zero-order chi connectivity index (χ0) is 8.16. The molecule has 0 aromatic carbocycles. The van der Waals surface area contributed by atoms with E-state index in [2.05, 4.69) is 12.2 Å². The Morgan fingerprint density at radius 3 is 2.73 bits per heavy atom. The summed E-state index contributed by atoms with van der Waals surface area (Å²) in [6.07, 6.45) is 6.38. The van der Waals surface area contributed by atoms with Crippen LogP contribution in [-0.2, 0) is 0 Å². The summed E-state index contributed by atoms with van der Waals surface area (Å²) in [5.41, 5.74) is 6.00. The molecule has 1 rings (SSSR count). The summed E-state index contributed by atoms with van der Waals surface area (Å²) in [5.74, 6) is 0. The van der Waals surface area contributed by atoms with Crippen LogP contribution in [0.15, 0.2) is 0 Å². The molecule has 1 fully saturated rings. The van der Waals surface area contributed by atoms with Gasteiger partial charge in [0.25, 0.3) is 0 Å². The highest BCUT2D eigenvalue weighted by molar-refractivity contribution is 4.92. The second-order valence-corrected chi connectivity index (χ2v) is 3.60. The molecule has 2 nitrogen and oxygen atoms in total. The zero-order valence-corrected chi connectivity index (χ0v) is 7.53. The Morgan fingerprint density at radius 1 is 1.45 bits per heavy atom. The van der Waals surface area contributed by atoms with E-state index in [1.807, 2.05) is 0 Å². The fraction of sp³-hybridized carbons (Fsp3) is 1.00. The van der Waals surface area contributed by atoms with E-state index in [-0.39, 0.29) is 0 Å². The van der Waals surface area contributed by atoms with Gasteiger partial charge in [-0.1, -0.05) is 13.3 Å². The monoisotopic (exact) mass is 156 g/mol. The van der Waals surface area contributed by atoms with Gasteiger partial charge in [0, 0.05) is 5.54 Å². The van der Waals surface area contributed by atoms with Crippen molar-refractivity contribution < 1.29 is 0 Å². The molecule has 0 amide bonds. The molecule has 1 heterocycles. The quantitative estimate of drug-likeness (QED) is 0.643. The van der Waals surface area contributed by atoms with Crippen molar-refractivity contribution in [2.75, 3.05) is 13.1 Å². The molecular formula is C9H20N2. The third kappa shape index (κ3) is 2.17. The molecular weight excluding hydrogens is 136 g/mol. The van der Waals surface area contributed by atoms with Gasteiger partial charge in [0.05, 0.1) is 0 Å². The molecule has 0 aliphatic carbocycles. The molecule has 1 aliphatic rings. The predicted molar refractivity (Wildman–Crippen MR) is 48.5 cm³/mol. The van der Waals surface area contributed by atoms with Crippen LogP contribution in [0.1, 0.15) is 39.0 Å². The van der Waals surface area contributed by atoms with Crippen LogP contribution in [0.3, 0.4) is 0 Å².